The summed E-state index contributed by atoms with van der Waals surface area (Å²) in [6.45, 7) is 7.59. The molecule has 4 rings (SSSR count). The molecule has 0 bridgehead atoms. The van der Waals surface area contributed by atoms with Gasteiger partial charge in [-0.25, -0.2) is 9.55 Å². The summed E-state index contributed by atoms with van der Waals surface area (Å²) in [7, 11) is -4.04. The number of carbonyl (C=O) groups excluding carboxylic acids is 1. The molecule has 0 saturated carbocycles. The molecule has 0 aliphatic carbocycles. The highest BCUT2D eigenvalue weighted by molar-refractivity contribution is 7.54. The van der Waals surface area contributed by atoms with Crippen molar-refractivity contribution in [1.29, 1.82) is 0 Å². The molecule has 1 aliphatic heterocycles. The van der Waals surface area contributed by atoms with E-state index in [0.717, 1.165) is 0 Å². The largest absolute Gasteiger partial charge is 0.463 e. The molecule has 0 radical (unpaired) electrons. The topological polar surface area (TPSA) is 162 Å². The number of benzene rings is 1. The molecule has 1 aromatic carbocycles. The Bertz CT molecular complexity index is 1560. The first-order valence-electron chi connectivity index (χ1n) is 13.1. The van der Waals surface area contributed by atoms with Gasteiger partial charge in [-0.3, -0.25) is 14.1 Å². The summed E-state index contributed by atoms with van der Waals surface area (Å²) in [5.74, 6) is 4.42. The molecule has 0 amide bonds. The van der Waals surface area contributed by atoms with Gasteiger partial charge in [-0.2, -0.15) is 0 Å². The van der Waals surface area contributed by atoms with E-state index in [1.165, 1.54) is 23.8 Å². The Morgan fingerprint density at radius 2 is 1.98 bits per heavy atom. The normalized spacial score (nSPS) is 24.4. The highest BCUT2D eigenvalue weighted by atomic mass is 31.2. The molecule has 1 unspecified atom stereocenters. The van der Waals surface area contributed by atoms with Crippen molar-refractivity contribution < 1.29 is 38.1 Å². The summed E-state index contributed by atoms with van der Waals surface area (Å²) >= 11 is 0. The maximum absolute atomic E-state index is 14.0. The average Bonchev–Trinajstić information content (AvgIpc) is 3.42. The fraction of sp³-hybridized carbons (Fsp3) is 0.464. The van der Waals surface area contributed by atoms with Crippen molar-refractivity contribution in [2.45, 2.75) is 64.8 Å². The van der Waals surface area contributed by atoms with Crippen LogP contribution in [-0.4, -0.2) is 67.4 Å². The maximum Gasteiger partial charge on any atom is 0.380 e. The van der Waals surface area contributed by atoms with E-state index < -0.39 is 50.1 Å². The Kier molecular flexibility index (Phi) is 9.07. The molecule has 41 heavy (non-hydrogen) atoms. The minimum atomic E-state index is -4.04. The number of ether oxygens (including phenoxy) is 2. The van der Waals surface area contributed by atoms with Crippen LogP contribution in [0.4, 0.5) is 0 Å². The molecule has 13 heteroatoms. The number of hydrogen-bond donors (Lipinski definition) is 3. The van der Waals surface area contributed by atoms with Gasteiger partial charge in [0.05, 0.1) is 30.2 Å². The van der Waals surface area contributed by atoms with Gasteiger partial charge in [0.15, 0.2) is 11.8 Å². The first-order chi connectivity index (χ1) is 19.4. The van der Waals surface area contributed by atoms with Crippen LogP contribution in [0.5, 0.6) is 5.75 Å². The van der Waals surface area contributed by atoms with Gasteiger partial charge in [0.25, 0.3) is 5.56 Å². The van der Waals surface area contributed by atoms with Gasteiger partial charge >= 0.3 is 13.6 Å². The molecule has 3 aromatic rings. The Labute approximate surface area is 237 Å². The molecular formula is C28H34N3O9P. The highest BCUT2D eigenvalue weighted by Gasteiger charge is 2.56. The van der Waals surface area contributed by atoms with Crippen LogP contribution in [0.15, 0.2) is 47.4 Å². The number of hydrogen-bond acceptors (Lipinski definition) is 10. The lowest BCUT2D eigenvalue weighted by atomic mass is 9.94. The second kappa shape index (κ2) is 12.2. The van der Waals surface area contributed by atoms with E-state index >= 15 is 0 Å². The summed E-state index contributed by atoms with van der Waals surface area (Å²) in [6.07, 6.45) is -3.31. The number of esters is 1. The van der Waals surface area contributed by atoms with E-state index in [1.54, 1.807) is 58.0 Å². The number of nitrogens with one attached hydrogen (secondary N) is 1. The van der Waals surface area contributed by atoms with Crippen molar-refractivity contribution >= 4 is 24.6 Å². The molecular weight excluding hydrogens is 553 g/mol. The minimum Gasteiger partial charge on any atom is -0.463 e. The number of fused-ring (bicyclic) bond motifs is 1. The Morgan fingerprint density at radius 3 is 2.63 bits per heavy atom. The molecule has 6 atom stereocenters. The van der Waals surface area contributed by atoms with E-state index in [1.807, 2.05) is 0 Å². The number of aliphatic hydroxyl groups excluding tert-OH is 1. The number of aliphatic hydroxyl groups is 2. The van der Waals surface area contributed by atoms with Gasteiger partial charge in [-0.1, -0.05) is 31.0 Å². The number of carbonyl (C=O) groups is 1. The highest BCUT2D eigenvalue weighted by Crippen LogP contribution is 2.51. The predicted octanol–water partition coefficient (Wildman–Crippen LogP) is 2.92. The van der Waals surface area contributed by atoms with Gasteiger partial charge in [0, 0.05) is 6.20 Å². The van der Waals surface area contributed by atoms with Crippen molar-refractivity contribution in [2.24, 2.45) is 5.92 Å². The average molecular weight is 588 g/mol. The summed E-state index contributed by atoms with van der Waals surface area (Å²) in [4.78, 5) is 31.9. The number of aryl methyl sites for hydroxylation is 1. The molecule has 1 saturated heterocycles. The Morgan fingerprint density at radius 1 is 1.27 bits per heavy atom. The van der Waals surface area contributed by atoms with Gasteiger partial charge < -0.3 is 33.8 Å². The lowest BCUT2D eigenvalue weighted by Gasteiger charge is -2.27. The lowest BCUT2D eigenvalue weighted by Crippen LogP contribution is -2.46. The molecule has 1 aliphatic rings. The van der Waals surface area contributed by atoms with Crippen molar-refractivity contribution in [3.8, 4) is 17.6 Å². The van der Waals surface area contributed by atoms with E-state index in [0.29, 0.717) is 5.82 Å². The van der Waals surface area contributed by atoms with Crippen molar-refractivity contribution in [3.05, 3.63) is 58.8 Å². The van der Waals surface area contributed by atoms with Crippen LogP contribution in [0.2, 0.25) is 0 Å². The number of rotatable bonds is 10. The molecule has 3 heterocycles. The Balaban J connectivity index is 1.62. The zero-order valence-electron chi connectivity index (χ0n) is 23.4. The summed E-state index contributed by atoms with van der Waals surface area (Å²) in [5.41, 5.74) is -2.29. The fourth-order valence-corrected chi connectivity index (χ4v) is 6.43. The molecule has 12 nitrogen and oxygen atoms in total. The summed E-state index contributed by atoms with van der Waals surface area (Å²) in [5, 5.41) is 23.0. The van der Waals surface area contributed by atoms with Gasteiger partial charge in [0.1, 0.15) is 29.4 Å². The second-order valence-corrected chi connectivity index (χ2v) is 12.2. The van der Waals surface area contributed by atoms with Crippen LogP contribution < -0.4 is 10.1 Å². The number of H-pyrrole nitrogens is 1. The number of nitrogens with zero attached hydrogens (tertiary/aromatic N) is 2. The zero-order chi connectivity index (χ0) is 29.9. The van der Waals surface area contributed by atoms with Crippen molar-refractivity contribution in [3.63, 3.8) is 0 Å². The standard InChI is InChI=1S/C28H34N3O9P/c1-6-13-28(35)23(32)22(39-27(28)31-14-12-21-24(31)29-19(5)30-25(21)33)15-37-41(36,40-20-10-8-7-9-11-20)16-18(4)26(34)38-17(2)3/h7-12,14,17-18,22-23,27,32,35H,15-16H2,1-5H3,(H,29,30,33)/t18-,22-,23+,27-,28?,41+/m1/s1. The van der Waals surface area contributed by atoms with E-state index in [4.69, 9.17) is 18.5 Å². The second-order valence-electron chi connectivity index (χ2n) is 10.2. The third-order valence-electron chi connectivity index (χ3n) is 6.44. The van der Waals surface area contributed by atoms with Crippen LogP contribution in [0.1, 0.15) is 39.7 Å². The van der Waals surface area contributed by atoms with Crippen molar-refractivity contribution in [1.82, 2.24) is 14.5 Å². The Hall–Kier alpha value is -3.46. The predicted molar refractivity (Wildman–Crippen MR) is 149 cm³/mol. The summed E-state index contributed by atoms with van der Waals surface area (Å²) in [6, 6.07) is 9.84. The van der Waals surface area contributed by atoms with Crippen LogP contribution in [0.25, 0.3) is 11.0 Å². The van der Waals surface area contributed by atoms with E-state index in [2.05, 4.69) is 21.8 Å². The van der Waals surface area contributed by atoms with Crippen LogP contribution >= 0.6 is 7.60 Å². The molecule has 3 N–H and O–H groups in total. The van der Waals surface area contributed by atoms with Gasteiger partial charge in [-0.05, 0) is 45.9 Å². The lowest BCUT2D eigenvalue weighted by molar-refractivity contribution is -0.151. The monoisotopic (exact) mass is 587 g/mol. The van der Waals surface area contributed by atoms with Crippen LogP contribution in [0, 0.1) is 24.7 Å². The first-order valence-corrected chi connectivity index (χ1v) is 14.9. The molecule has 220 valence electrons. The van der Waals surface area contributed by atoms with E-state index in [-0.39, 0.29) is 34.6 Å². The van der Waals surface area contributed by atoms with Crippen LogP contribution in [-0.2, 0) is 23.4 Å². The molecule has 2 aromatic heterocycles. The van der Waals surface area contributed by atoms with Gasteiger partial charge in [-0.15, -0.1) is 5.92 Å². The van der Waals surface area contributed by atoms with E-state index in [9.17, 15) is 24.4 Å². The van der Waals surface area contributed by atoms with Crippen molar-refractivity contribution in [2.75, 3.05) is 12.8 Å². The number of aromatic nitrogens is 3. The zero-order valence-corrected chi connectivity index (χ0v) is 24.3. The third-order valence-corrected chi connectivity index (χ3v) is 8.46. The smallest absolute Gasteiger partial charge is 0.380 e. The molecule has 0 spiro atoms. The quantitative estimate of drug-likeness (QED) is 0.183. The maximum atomic E-state index is 14.0. The van der Waals surface area contributed by atoms with Crippen LogP contribution in [0.3, 0.4) is 0 Å². The molecule has 1 fully saturated rings. The SMILES string of the molecule is CC#CC1(O)[C@@H](O)[C@@H](CO[P@@](=O)(C[C@@H](C)C(=O)OC(C)C)Oc2ccccc2)O[C@H]1n1ccc2c(=O)[nH]c(C)nc21. The summed E-state index contributed by atoms with van der Waals surface area (Å²) < 4.78 is 38.2. The first kappa shape index (κ1) is 30.5. The third kappa shape index (κ3) is 6.56. The number of aromatic amines is 1. The fourth-order valence-electron chi connectivity index (χ4n) is 4.56. The number of para-hydroxylation sites is 1. The van der Waals surface area contributed by atoms with Gasteiger partial charge in [0.2, 0.25) is 0 Å². The minimum absolute atomic E-state index is 0.219.